The van der Waals surface area contributed by atoms with E-state index >= 15 is 0 Å². The molecule has 2 rings (SSSR count). The predicted molar refractivity (Wildman–Crippen MR) is 52.3 cm³/mol. The van der Waals surface area contributed by atoms with Crippen molar-refractivity contribution < 1.29 is 0 Å². The minimum atomic E-state index is 0.724. The average molecular weight is 250 g/mol. The highest BCUT2D eigenvalue weighted by molar-refractivity contribution is 9.10. The van der Waals surface area contributed by atoms with Crippen LogP contribution in [0.25, 0.3) is 0 Å². The molecule has 0 atom stereocenters. The second-order valence-corrected chi connectivity index (χ2v) is 4.47. The van der Waals surface area contributed by atoms with Crippen LogP contribution in [0.4, 0.5) is 0 Å². The fourth-order valence-corrected chi connectivity index (χ4v) is 1.85. The maximum atomic E-state index is 5.99. The third-order valence-electron chi connectivity index (χ3n) is 2.39. The normalized spacial score (nSPS) is 17.8. The monoisotopic (exact) mass is 248 g/mol. The van der Waals surface area contributed by atoms with Gasteiger partial charge in [0, 0.05) is 6.54 Å². The summed E-state index contributed by atoms with van der Waals surface area (Å²) in [5, 5.41) is 4.90. The van der Waals surface area contributed by atoms with Crippen LogP contribution in [-0.2, 0) is 6.54 Å². The van der Waals surface area contributed by atoms with Crippen LogP contribution in [0.5, 0.6) is 0 Å². The smallest absolute Gasteiger partial charge is 0.141 e. The third-order valence-corrected chi connectivity index (χ3v) is 3.60. The van der Waals surface area contributed by atoms with Crippen molar-refractivity contribution in [1.82, 2.24) is 9.78 Å². The Labute approximate surface area is 85.0 Å². The summed E-state index contributed by atoms with van der Waals surface area (Å²) in [4.78, 5) is 0. The molecule has 1 saturated carbocycles. The molecule has 2 nitrogen and oxygen atoms in total. The van der Waals surface area contributed by atoms with E-state index in [0.29, 0.717) is 0 Å². The number of hydrogen-bond acceptors (Lipinski definition) is 1. The Hall–Kier alpha value is -0.0200. The molecule has 0 bridgehead atoms. The van der Waals surface area contributed by atoms with Crippen LogP contribution in [0.2, 0.25) is 5.15 Å². The van der Waals surface area contributed by atoms with E-state index in [-0.39, 0.29) is 0 Å². The van der Waals surface area contributed by atoms with E-state index in [2.05, 4.69) is 21.0 Å². The molecule has 4 heteroatoms. The van der Waals surface area contributed by atoms with Gasteiger partial charge in [-0.25, -0.2) is 0 Å². The van der Waals surface area contributed by atoms with E-state index in [9.17, 15) is 0 Å². The lowest BCUT2D eigenvalue weighted by Gasteiger charge is -2.25. The molecule has 0 N–H and O–H groups in total. The zero-order valence-electron chi connectivity index (χ0n) is 6.63. The van der Waals surface area contributed by atoms with Crippen molar-refractivity contribution >= 4 is 27.5 Å². The highest BCUT2D eigenvalue weighted by Crippen LogP contribution is 2.30. The van der Waals surface area contributed by atoms with Crippen LogP contribution in [0.1, 0.15) is 19.3 Å². The van der Waals surface area contributed by atoms with Crippen LogP contribution >= 0.6 is 27.5 Å². The van der Waals surface area contributed by atoms with E-state index in [0.717, 1.165) is 22.1 Å². The van der Waals surface area contributed by atoms with Gasteiger partial charge in [0.15, 0.2) is 0 Å². The van der Waals surface area contributed by atoms with Gasteiger partial charge in [0.2, 0.25) is 0 Å². The first-order valence-corrected chi connectivity index (χ1v) is 5.31. The third kappa shape index (κ3) is 1.52. The fraction of sp³-hybridized carbons (Fsp3) is 0.625. The van der Waals surface area contributed by atoms with E-state index in [4.69, 9.17) is 11.6 Å². The summed E-state index contributed by atoms with van der Waals surface area (Å²) >= 11 is 9.32. The van der Waals surface area contributed by atoms with Gasteiger partial charge in [0.05, 0.1) is 10.7 Å². The second kappa shape index (κ2) is 3.38. The molecule has 0 aromatic carbocycles. The quantitative estimate of drug-likeness (QED) is 0.787. The van der Waals surface area contributed by atoms with Gasteiger partial charge in [0.25, 0.3) is 0 Å². The molecule has 0 aliphatic heterocycles. The molecule has 0 spiro atoms. The van der Waals surface area contributed by atoms with Gasteiger partial charge >= 0.3 is 0 Å². The minimum absolute atomic E-state index is 0.724. The fourth-order valence-electron chi connectivity index (χ4n) is 1.39. The van der Waals surface area contributed by atoms with Crippen molar-refractivity contribution in [2.45, 2.75) is 25.8 Å². The largest absolute Gasteiger partial charge is 0.253 e. The summed E-state index contributed by atoms with van der Waals surface area (Å²) < 4.78 is 2.76. The molecule has 1 aromatic heterocycles. The van der Waals surface area contributed by atoms with Crippen LogP contribution < -0.4 is 0 Å². The summed E-state index contributed by atoms with van der Waals surface area (Å²) in [7, 11) is 0. The molecule has 1 aliphatic rings. The van der Waals surface area contributed by atoms with Crippen LogP contribution in [0.15, 0.2) is 10.7 Å². The van der Waals surface area contributed by atoms with Gasteiger partial charge in [-0.05, 0) is 34.7 Å². The van der Waals surface area contributed by atoms with E-state index < -0.39 is 0 Å². The molecule has 1 aliphatic carbocycles. The Morgan fingerprint density at radius 2 is 2.42 bits per heavy atom. The highest BCUT2D eigenvalue weighted by Gasteiger charge is 2.19. The van der Waals surface area contributed by atoms with Crippen molar-refractivity contribution in [2.75, 3.05) is 0 Å². The molecule has 0 radical (unpaired) electrons. The lowest BCUT2D eigenvalue weighted by molar-refractivity contribution is 0.266. The zero-order valence-corrected chi connectivity index (χ0v) is 8.98. The first-order chi connectivity index (χ1) is 5.77. The lowest BCUT2D eigenvalue weighted by atomic mass is 9.85. The predicted octanol–water partition coefficient (Wildman–Crippen LogP) is 3.10. The molecular weight excluding hydrogens is 239 g/mol. The van der Waals surface area contributed by atoms with Crippen molar-refractivity contribution in [3.8, 4) is 0 Å². The second-order valence-electron chi connectivity index (χ2n) is 3.26. The Balaban J connectivity index is 2.06. The summed E-state index contributed by atoms with van der Waals surface area (Å²) in [6.07, 6.45) is 5.77. The Bertz CT molecular complexity index is 281. The molecule has 0 unspecified atom stereocenters. The molecular formula is C8H10BrClN2. The van der Waals surface area contributed by atoms with E-state index in [1.165, 1.54) is 19.3 Å². The summed E-state index contributed by atoms with van der Waals surface area (Å²) in [6.45, 7) is 0.977. The van der Waals surface area contributed by atoms with Crippen molar-refractivity contribution in [3.63, 3.8) is 0 Å². The Morgan fingerprint density at radius 3 is 2.83 bits per heavy atom. The first kappa shape index (κ1) is 8.57. The molecule has 66 valence electrons. The summed E-state index contributed by atoms with van der Waals surface area (Å²) in [6, 6.07) is 0. The standard InChI is InChI=1S/C8H10BrClN2/c9-7-4-11-12(8(7)10)5-6-2-1-3-6/h4,6H,1-3,5H2. The highest BCUT2D eigenvalue weighted by atomic mass is 79.9. The minimum Gasteiger partial charge on any atom is -0.253 e. The zero-order chi connectivity index (χ0) is 8.55. The van der Waals surface area contributed by atoms with Crippen molar-refractivity contribution in [3.05, 3.63) is 15.8 Å². The number of hydrogen-bond donors (Lipinski definition) is 0. The maximum absolute atomic E-state index is 5.99. The van der Waals surface area contributed by atoms with Gasteiger partial charge in [0.1, 0.15) is 5.15 Å². The van der Waals surface area contributed by atoms with Gasteiger partial charge in [-0.15, -0.1) is 0 Å². The maximum Gasteiger partial charge on any atom is 0.141 e. The number of aromatic nitrogens is 2. The first-order valence-electron chi connectivity index (χ1n) is 4.14. The molecule has 12 heavy (non-hydrogen) atoms. The molecule has 0 saturated heterocycles. The van der Waals surface area contributed by atoms with Gasteiger partial charge < -0.3 is 0 Å². The molecule has 1 aromatic rings. The number of rotatable bonds is 2. The van der Waals surface area contributed by atoms with Crippen LogP contribution in [-0.4, -0.2) is 9.78 Å². The SMILES string of the molecule is Clc1c(Br)cnn1CC1CCC1. The Morgan fingerprint density at radius 1 is 1.67 bits per heavy atom. The lowest BCUT2D eigenvalue weighted by Crippen LogP contribution is -2.18. The van der Waals surface area contributed by atoms with Crippen LogP contribution in [0.3, 0.4) is 0 Å². The van der Waals surface area contributed by atoms with Crippen LogP contribution in [0, 0.1) is 5.92 Å². The average Bonchev–Trinajstić information content (AvgIpc) is 2.27. The molecule has 0 amide bonds. The van der Waals surface area contributed by atoms with E-state index in [1.807, 2.05) is 4.68 Å². The number of nitrogens with zero attached hydrogens (tertiary/aromatic N) is 2. The van der Waals surface area contributed by atoms with Crippen molar-refractivity contribution in [1.29, 1.82) is 0 Å². The molecule has 1 fully saturated rings. The molecule has 1 heterocycles. The number of halogens is 2. The van der Waals surface area contributed by atoms with Gasteiger partial charge in [-0.1, -0.05) is 18.0 Å². The van der Waals surface area contributed by atoms with Crippen molar-refractivity contribution in [2.24, 2.45) is 5.92 Å². The van der Waals surface area contributed by atoms with E-state index in [1.54, 1.807) is 6.20 Å². The topological polar surface area (TPSA) is 17.8 Å². The van der Waals surface area contributed by atoms with Gasteiger partial charge in [-0.2, -0.15) is 5.10 Å². The Kier molecular flexibility index (Phi) is 2.42. The summed E-state index contributed by atoms with van der Waals surface area (Å²) in [5.41, 5.74) is 0. The summed E-state index contributed by atoms with van der Waals surface area (Å²) in [5.74, 6) is 0.800. The van der Waals surface area contributed by atoms with Gasteiger partial charge in [-0.3, -0.25) is 4.68 Å².